The molecule has 0 aliphatic carbocycles. The van der Waals surface area contributed by atoms with Crippen molar-refractivity contribution in [3.63, 3.8) is 0 Å². The minimum Gasteiger partial charge on any atom is -0.468 e. The van der Waals surface area contributed by atoms with Gasteiger partial charge in [0, 0.05) is 5.69 Å². The van der Waals surface area contributed by atoms with Crippen molar-refractivity contribution in [2.24, 2.45) is 0 Å². The molecule has 2 rings (SSSR count). The molecule has 0 bridgehead atoms. The number of nitrogens with one attached hydrogen (secondary N) is 1. The number of hydrogen-bond donors (Lipinski definition) is 1. The molecule has 1 aromatic heterocycles. The van der Waals surface area contributed by atoms with Gasteiger partial charge in [-0.1, -0.05) is 17.7 Å². The van der Waals surface area contributed by atoms with Crippen LogP contribution in [0.5, 0.6) is 0 Å². The number of thioether (sulfide) groups is 1. The number of carbonyl (C=O) groups is 1. The Hall–Kier alpha value is -1.68. The van der Waals surface area contributed by atoms with Crippen molar-refractivity contribution in [1.82, 2.24) is 0 Å². The topological polar surface area (TPSA) is 42.2 Å². The van der Waals surface area contributed by atoms with Gasteiger partial charge in [0.2, 0.25) is 5.91 Å². The second-order valence-electron chi connectivity index (χ2n) is 4.89. The fraction of sp³-hybridized carbons (Fsp3) is 0.312. The SMILES string of the molecule is Cc1cc(C)c(NC(=O)CSCc2ccco2)c(C)c1. The van der Waals surface area contributed by atoms with E-state index in [1.54, 1.807) is 18.0 Å². The Kier molecular flexibility index (Phi) is 4.90. The summed E-state index contributed by atoms with van der Waals surface area (Å²) in [5, 5.41) is 3.00. The number of anilines is 1. The maximum atomic E-state index is 12.0. The molecule has 4 heteroatoms. The molecular weight excluding hydrogens is 270 g/mol. The molecule has 0 atom stereocenters. The van der Waals surface area contributed by atoms with Crippen molar-refractivity contribution < 1.29 is 9.21 Å². The van der Waals surface area contributed by atoms with Crippen molar-refractivity contribution in [1.29, 1.82) is 0 Å². The van der Waals surface area contributed by atoms with Crippen LogP contribution in [0.1, 0.15) is 22.5 Å². The maximum Gasteiger partial charge on any atom is 0.234 e. The Morgan fingerprint density at radius 1 is 1.25 bits per heavy atom. The molecule has 1 N–H and O–H groups in total. The normalized spacial score (nSPS) is 10.6. The van der Waals surface area contributed by atoms with Crippen molar-refractivity contribution in [3.05, 3.63) is 53.0 Å². The summed E-state index contributed by atoms with van der Waals surface area (Å²) in [5.41, 5.74) is 4.35. The van der Waals surface area contributed by atoms with Gasteiger partial charge in [-0.05, 0) is 44.0 Å². The highest BCUT2D eigenvalue weighted by molar-refractivity contribution is 7.99. The third kappa shape index (κ3) is 3.90. The van der Waals surface area contributed by atoms with Crippen LogP contribution in [0.3, 0.4) is 0 Å². The van der Waals surface area contributed by atoms with Crippen molar-refractivity contribution in [2.45, 2.75) is 26.5 Å². The molecule has 0 radical (unpaired) electrons. The lowest BCUT2D eigenvalue weighted by atomic mass is 10.1. The van der Waals surface area contributed by atoms with Gasteiger partial charge in [-0.25, -0.2) is 0 Å². The first kappa shape index (κ1) is 14.7. The summed E-state index contributed by atoms with van der Waals surface area (Å²) < 4.78 is 5.23. The van der Waals surface area contributed by atoms with E-state index in [2.05, 4.69) is 24.4 Å². The van der Waals surface area contributed by atoms with E-state index in [-0.39, 0.29) is 5.91 Å². The van der Waals surface area contributed by atoms with Gasteiger partial charge in [-0.15, -0.1) is 11.8 Å². The van der Waals surface area contributed by atoms with Gasteiger partial charge in [0.25, 0.3) is 0 Å². The number of amides is 1. The zero-order valence-corrected chi connectivity index (χ0v) is 12.8. The highest BCUT2D eigenvalue weighted by Gasteiger charge is 2.08. The first-order valence-electron chi connectivity index (χ1n) is 6.54. The number of furan rings is 1. The van der Waals surface area contributed by atoms with Crippen LogP contribution in [-0.2, 0) is 10.5 Å². The fourth-order valence-electron chi connectivity index (χ4n) is 2.19. The molecule has 2 aromatic rings. The van der Waals surface area contributed by atoms with Crippen molar-refractivity contribution in [2.75, 3.05) is 11.1 Å². The van der Waals surface area contributed by atoms with Gasteiger partial charge in [0.05, 0.1) is 17.8 Å². The van der Waals surface area contributed by atoms with Crippen LogP contribution in [0.25, 0.3) is 0 Å². The lowest BCUT2D eigenvalue weighted by Crippen LogP contribution is -2.16. The quantitative estimate of drug-likeness (QED) is 0.902. The van der Waals surface area contributed by atoms with Gasteiger partial charge < -0.3 is 9.73 Å². The summed E-state index contributed by atoms with van der Waals surface area (Å²) in [6.45, 7) is 6.10. The highest BCUT2D eigenvalue weighted by atomic mass is 32.2. The largest absolute Gasteiger partial charge is 0.468 e. The predicted octanol–water partition coefficient (Wildman–Crippen LogP) is 4.08. The summed E-state index contributed by atoms with van der Waals surface area (Å²) in [6, 6.07) is 7.94. The molecule has 0 fully saturated rings. The average Bonchev–Trinajstić information content (AvgIpc) is 2.87. The molecule has 3 nitrogen and oxygen atoms in total. The lowest BCUT2D eigenvalue weighted by molar-refractivity contribution is -0.113. The Labute approximate surface area is 123 Å². The standard InChI is InChI=1S/C16H19NO2S/c1-11-7-12(2)16(13(3)8-11)17-15(18)10-20-9-14-5-4-6-19-14/h4-8H,9-10H2,1-3H3,(H,17,18). The lowest BCUT2D eigenvalue weighted by Gasteiger charge is -2.12. The van der Waals surface area contributed by atoms with Crippen LogP contribution in [-0.4, -0.2) is 11.7 Å². The maximum absolute atomic E-state index is 12.0. The van der Waals surface area contributed by atoms with Crippen molar-refractivity contribution >= 4 is 23.4 Å². The summed E-state index contributed by atoms with van der Waals surface area (Å²) in [6.07, 6.45) is 1.65. The molecule has 1 aromatic carbocycles. The summed E-state index contributed by atoms with van der Waals surface area (Å²) >= 11 is 1.55. The van der Waals surface area contributed by atoms with Gasteiger partial charge in [0.15, 0.2) is 0 Å². The van der Waals surface area contributed by atoms with Crippen LogP contribution in [0.15, 0.2) is 34.9 Å². The van der Waals surface area contributed by atoms with Crippen LogP contribution >= 0.6 is 11.8 Å². The van der Waals surface area contributed by atoms with Gasteiger partial charge in [0.1, 0.15) is 5.76 Å². The molecule has 106 valence electrons. The zero-order valence-electron chi connectivity index (χ0n) is 12.0. The molecule has 0 spiro atoms. The first-order chi connectivity index (χ1) is 9.56. The van der Waals surface area contributed by atoms with Gasteiger partial charge >= 0.3 is 0 Å². The van der Waals surface area contributed by atoms with E-state index in [0.29, 0.717) is 11.5 Å². The molecule has 0 aliphatic rings. The summed E-state index contributed by atoms with van der Waals surface area (Å²) in [4.78, 5) is 12.0. The average molecular weight is 289 g/mol. The first-order valence-corrected chi connectivity index (χ1v) is 7.69. The molecule has 1 amide bonds. The summed E-state index contributed by atoms with van der Waals surface area (Å²) in [5.74, 6) is 2.06. The Morgan fingerprint density at radius 2 is 1.95 bits per heavy atom. The second-order valence-corrected chi connectivity index (χ2v) is 5.88. The van der Waals surface area contributed by atoms with Crippen molar-refractivity contribution in [3.8, 4) is 0 Å². The molecular formula is C16H19NO2S. The smallest absolute Gasteiger partial charge is 0.234 e. The van der Waals surface area contributed by atoms with E-state index in [1.165, 1.54) is 5.56 Å². The highest BCUT2D eigenvalue weighted by Crippen LogP contribution is 2.22. The van der Waals surface area contributed by atoms with E-state index in [0.717, 1.165) is 22.6 Å². The molecule has 20 heavy (non-hydrogen) atoms. The number of aryl methyl sites for hydroxylation is 3. The van der Waals surface area contributed by atoms with Gasteiger partial charge in [-0.2, -0.15) is 0 Å². The van der Waals surface area contributed by atoms with E-state index in [4.69, 9.17) is 4.42 Å². The Balaban J connectivity index is 1.88. The van der Waals surface area contributed by atoms with Gasteiger partial charge in [-0.3, -0.25) is 4.79 Å². The van der Waals surface area contributed by atoms with Crippen LogP contribution < -0.4 is 5.32 Å². The number of benzene rings is 1. The third-order valence-electron chi connectivity index (χ3n) is 3.00. The summed E-state index contributed by atoms with van der Waals surface area (Å²) in [7, 11) is 0. The molecule has 0 saturated carbocycles. The zero-order chi connectivity index (χ0) is 14.5. The predicted molar refractivity (Wildman–Crippen MR) is 84.2 cm³/mol. The molecule has 0 aliphatic heterocycles. The Morgan fingerprint density at radius 3 is 2.55 bits per heavy atom. The molecule has 1 heterocycles. The van der Waals surface area contributed by atoms with Crippen LogP contribution in [0.4, 0.5) is 5.69 Å². The number of hydrogen-bond acceptors (Lipinski definition) is 3. The van der Waals surface area contributed by atoms with E-state index < -0.39 is 0 Å². The minimum absolute atomic E-state index is 0.0246. The third-order valence-corrected chi connectivity index (χ3v) is 3.95. The number of rotatable bonds is 5. The fourth-order valence-corrected chi connectivity index (χ4v) is 2.92. The second kappa shape index (κ2) is 6.66. The van der Waals surface area contributed by atoms with E-state index in [9.17, 15) is 4.79 Å². The monoisotopic (exact) mass is 289 g/mol. The van der Waals surface area contributed by atoms with Crippen LogP contribution in [0.2, 0.25) is 0 Å². The van der Waals surface area contributed by atoms with Crippen LogP contribution in [0, 0.1) is 20.8 Å². The number of carbonyl (C=O) groups excluding carboxylic acids is 1. The van der Waals surface area contributed by atoms with E-state index in [1.807, 2.05) is 26.0 Å². The van der Waals surface area contributed by atoms with E-state index >= 15 is 0 Å². The molecule has 0 saturated heterocycles. The minimum atomic E-state index is 0.0246. The Bertz CT molecular complexity index is 568. The molecule has 0 unspecified atom stereocenters.